The normalized spacial score (nSPS) is 18.5. The number of halogens is 1. The highest BCUT2D eigenvalue weighted by molar-refractivity contribution is 5.87. The molecular formula is C15H19FN2O4. The van der Waals surface area contributed by atoms with Crippen molar-refractivity contribution in [1.82, 2.24) is 10.2 Å². The number of carbonyl (C=O) groups excluding carboxylic acids is 1. The van der Waals surface area contributed by atoms with Gasteiger partial charge in [-0.3, -0.25) is 14.5 Å². The second kappa shape index (κ2) is 7.33. The number of benzene rings is 1. The molecule has 0 bridgehead atoms. The van der Waals surface area contributed by atoms with Crippen molar-refractivity contribution >= 4 is 11.9 Å². The molecule has 6 nitrogen and oxygen atoms in total. The Labute approximate surface area is 127 Å². The Balaban J connectivity index is 2.27. The van der Waals surface area contributed by atoms with Crippen LogP contribution in [0.2, 0.25) is 0 Å². The SMILES string of the molecule is CC(NC(=O)C(c1ccccc1F)N1CCOCC1)C(=O)O. The van der Waals surface area contributed by atoms with Gasteiger partial charge in [0.2, 0.25) is 5.91 Å². The van der Waals surface area contributed by atoms with Gasteiger partial charge in [-0.15, -0.1) is 0 Å². The van der Waals surface area contributed by atoms with Crippen LogP contribution in [0.15, 0.2) is 24.3 Å². The molecule has 0 saturated carbocycles. The van der Waals surface area contributed by atoms with Crippen LogP contribution in [-0.4, -0.2) is 54.2 Å². The Morgan fingerprint density at radius 2 is 1.95 bits per heavy atom. The fourth-order valence-corrected chi connectivity index (χ4v) is 2.39. The first kappa shape index (κ1) is 16.4. The first-order chi connectivity index (χ1) is 10.5. The van der Waals surface area contributed by atoms with Crippen LogP contribution in [0.5, 0.6) is 0 Å². The molecule has 22 heavy (non-hydrogen) atoms. The summed E-state index contributed by atoms with van der Waals surface area (Å²) in [5, 5.41) is 11.3. The fourth-order valence-electron chi connectivity index (χ4n) is 2.39. The number of hydrogen-bond donors (Lipinski definition) is 2. The first-order valence-corrected chi connectivity index (χ1v) is 7.10. The van der Waals surface area contributed by atoms with Crippen molar-refractivity contribution in [3.63, 3.8) is 0 Å². The van der Waals surface area contributed by atoms with E-state index in [1.807, 2.05) is 0 Å². The van der Waals surface area contributed by atoms with Crippen LogP contribution in [0.25, 0.3) is 0 Å². The van der Waals surface area contributed by atoms with Gasteiger partial charge in [-0.05, 0) is 13.0 Å². The third-order valence-electron chi connectivity index (χ3n) is 3.59. The van der Waals surface area contributed by atoms with Gasteiger partial charge in [0.05, 0.1) is 13.2 Å². The number of carbonyl (C=O) groups is 2. The quantitative estimate of drug-likeness (QED) is 0.840. The molecule has 0 aromatic heterocycles. The molecule has 1 aromatic rings. The molecule has 2 N–H and O–H groups in total. The summed E-state index contributed by atoms with van der Waals surface area (Å²) in [4.78, 5) is 25.2. The molecule has 1 saturated heterocycles. The second-order valence-electron chi connectivity index (χ2n) is 5.14. The smallest absolute Gasteiger partial charge is 0.325 e. The number of rotatable bonds is 5. The van der Waals surface area contributed by atoms with Crippen LogP contribution in [0.1, 0.15) is 18.5 Å². The number of ether oxygens (including phenoxy) is 1. The van der Waals surface area contributed by atoms with Crippen LogP contribution in [0.4, 0.5) is 4.39 Å². The Kier molecular flexibility index (Phi) is 5.46. The van der Waals surface area contributed by atoms with Crippen molar-refractivity contribution in [2.75, 3.05) is 26.3 Å². The minimum absolute atomic E-state index is 0.236. The van der Waals surface area contributed by atoms with Crippen molar-refractivity contribution < 1.29 is 23.8 Å². The highest BCUT2D eigenvalue weighted by Gasteiger charge is 2.32. The highest BCUT2D eigenvalue weighted by atomic mass is 19.1. The van der Waals surface area contributed by atoms with Crippen LogP contribution in [0.3, 0.4) is 0 Å². The summed E-state index contributed by atoms with van der Waals surface area (Å²) >= 11 is 0. The average Bonchev–Trinajstić information content (AvgIpc) is 2.50. The lowest BCUT2D eigenvalue weighted by Gasteiger charge is -2.34. The van der Waals surface area contributed by atoms with E-state index in [0.717, 1.165) is 0 Å². The van der Waals surface area contributed by atoms with Gasteiger partial charge in [-0.25, -0.2) is 4.39 Å². The molecule has 2 rings (SSSR count). The van der Waals surface area contributed by atoms with E-state index in [0.29, 0.717) is 26.3 Å². The number of hydrogen-bond acceptors (Lipinski definition) is 4. The van der Waals surface area contributed by atoms with Gasteiger partial charge in [0.15, 0.2) is 0 Å². The van der Waals surface area contributed by atoms with Gasteiger partial charge in [0.25, 0.3) is 0 Å². The lowest BCUT2D eigenvalue weighted by atomic mass is 10.0. The van der Waals surface area contributed by atoms with Crippen LogP contribution >= 0.6 is 0 Å². The molecule has 1 amide bonds. The predicted molar refractivity (Wildman–Crippen MR) is 76.8 cm³/mol. The van der Waals surface area contributed by atoms with E-state index >= 15 is 0 Å². The van der Waals surface area contributed by atoms with E-state index in [-0.39, 0.29) is 5.56 Å². The lowest BCUT2D eigenvalue weighted by Crippen LogP contribution is -2.49. The van der Waals surface area contributed by atoms with Gasteiger partial charge in [-0.1, -0.05) is 18.2 Å². The van der Waals surface area contributed by atoms with Crippen molar-refractivity contribution in [2.45, 2.75) is 19.0 Å². The fraction of sp³-hybridized carbons (Fsp3) is 0.467. The van der Waals surface area contributed by atoms with Crippen molar-refractivity contribution in [3.05, 3.63) is 35.6 Å². The Morgan fingerprint density at radius 3 is 2.55 bits per heavy atom. The van der Waals surface area contributed by atoms with Crippen molar-refractivity contribution in [2.24, 2.45) is 0 Å². The maximum absolute atomic E-state index is 14.1. The van der Waals surface area contributed by atoms with E-state index in [1.165, 1.54) is 13.0 Å². The molecule has 0 radical (unpaired) electrons. The average molecular weight is 310 g/mol. The Hall–Kier alpha value is -1.99. The van der Waals surface area contributed by atoms with Gasteiger partial charge in [-0.2, -0.15) is 0 Å². The lowest BCUT2D eigenvalue weighted by molar-refractivity contribution is -0.142. The summed E-state index contributed by atoms with van der Waals surface area (Å²) < 4.78 is 19.4. The molecule has 120 valence electrons. The number of nitrogens with one attached hydrogen (secondary N) is 1. The minimum atomic E-state index is -1.14. The van der Waals surface area contributed by atoms with Crippen molar-refractivity contribution in [3.8, 4) is 0 Å². The number of aliphatic carboxylic acids is 1. The van der Waals surface area contributed by atoms with E-state index in [9.17, 15) is 14.0 Å². The molecular weight excluding hydrogens is 291 g/mol. The number of morpholine rings is 1. The minimum Gasteiger partial charge on any atom is -0.480 e. The monoisotopic (exact) mass is 310 g/mol. The van der Waals surface area contributed by atoms with Crippen molar-refractivity contribution in [1.29, 1.82) is 0 Å². The van der Waals surface area contributed by atoms with Crippen LogP contribution in [-0.2, 0) is 14.3 Å². The summed E-state index contributed by atoms with van der Waals surface area (Å²) in [7, 11) is 0. The first-order valence-electron chi connectivity index (χ1n) is 7.10. The molecule has 2 atom stereocenters. The highest BCUT2D eigenvalue weighted by Crippen LogP contribution is 2.24. The Bertz CT molecular complexity index is 546. The molecule has 1 heterocycles. The zero-order valence-corrected chi connectivity index (χ0v) is 12.3. The molecule has 1 fully saturated rings. The molecule has 1 aromatic carbocycles. The molecule has 1 aliphatic rings. The molecule has 1 aliphatic heterocycles. The number of nitrogens with zero attached hydrogens (tertiary/aromatic N) is 1. The van der Waals surface area contributed by atoms with E-state index in [4.69, 9.17) is 9.84 Å². The summed E-state index contributed by atoms with van der Waals surface area (Å²) in [6, 6.07) is 4.12. The third-order valence-corrected chi connectivity index (χ3v) is 3.59. The Morgan fingerprint density at radius 1 is 1.32 bits per heavy atom. The molecule has 2 unspecified atom stereocenters. The topological polar surface area (TPSA) is 78.9 Å². The number of carboxylic acid groups (broad SMARTS) is 1. The van der Waals surface area contributed by atoms with Crippen LogP contribution in [0, 0.1) is 5.82 Å². The molecule has 0 aliphatic carbocycles. The summed E-state index contributed by atoms with van der Waals surface area (Å²) in [6.45, 7) is 3.24. The zero-order valence-electron chi connectivity index (χ0n) is 12.3. The maximum Gasteiger partial charge on any atom is 0.325 e. The largest absolute Gasteiger partial charge is 0.480 e. The van der Waals surface area contributed by atoms with Gasteiger partial charge in [0, 0.05) is 18.7 Å². The second-order valence-corrected chi connectivity index (χ2v) is 5.14. The van der Waals surface area contributed by atoms with Gasteiger partial charge in [0.1, 0.15) is 17.9 Å². The zero-order chi connectivity index (χ0) is 16.1. The standard InChI is InChI=1S/C15H19FN2O4/c1-10(15(20)21)17-14(19)13(18-6-8-22-9-7-18)11-4-2-3-5-12(11)16/h2-5,10,13H,6-9H2,1H3,(H,17,19)(H,20,21). The number of amides is 1. The van der Waals surface area contributed by atoms with E-state index in [2.05, 4.69) is 5.32 Å². The number of carboxylic acids is 1. The van der Waals surface area contributed by atoms with Gasteiger partial charge < -0.3 is 15.2 Å². The maximum atomic E-state index is 14.1. The van der Waals surface area contributed by atoms with Gasteiger partial charge >= 0.3 is 5.97 Å². The summed E-state index contributed by atoms with van der Waals surface area (Å²) in [5.41, 5.74) is 0.236. The third kappa shape index (κ3) is 3.80. The molecule has 7 heteroatoms. The van der Waals surface area contributed by atoms with Crippen LogP contribution < -0.4 is 5.32 Å². The predicted octanol–water partition coefficient (Wildman–Crippen LogP) is 0.788. The van der Waals surface area contributed by atoms with E-state index < -0.39 is 29.8 Å². The molecule has 0 spiro atoms. The van der Waals surface area contributed by atoms with E-state index in [1.54, 1.807) is 23.1 Å². The summed E-state index contributed by atoms with van der Waals surface area (Å²) in [6.07, 6.45) is 0. The summed E-state index contributed by atoms with van der Waals surface area (Å²) in [5.74, 6) is -2.15.